The van der Waals surface area contributed by atoms with Gasteiger partial charge in [-0.3, -0.25) is 14.5 Å². The molecule has 0 unspecified atom stereocenters. The standard InChI is InChI=1S/C19H30N4O2/c1-14-11-15(2)19(16(3)12-14)21-17(24)13-22(4)8-5-18(25)23-9-6-20-7-10-23/h11-12,20H,5-10,13H2,1-4H3,(H,21,24). The Bertz CT molecular complexity index is 601. The van der Waals surface area contributed by atoms with Gasteiger partial charge in [0.2, 0.25) is 11.8 Å². The number of hydrogen-bond acceptors (Lipinski definition) is 4. The summed E-state index contributed by atoms with van der Waals surface area (Å²) in [5.74, 6) is 0.117. The van der Waals surface area contributed by atoms with Crippen molar-refractivity contribution in [3.63, 3.8) is 0 Å². The molecule has 0 aliphatic carbocycles. The molecule has 2 amide bonds. The maximum absolute atomic E-state index is 12.3. The van der Waals surface area contributed by atoms with E-state index in [-0.39, 0.29) is 18.4 Å². The van der Waals surface area contributed by atoms with Crippen LogP contribution in [0.5, 0.6) is 0 Å². The van der Waals surface area contributed by atoms with Gasteiger partial charge >= 0.3 is 0 Å². The number of amides is 2. The van der Waals surface area contributed by atoms with Gasteiger partial charge in [0.25, 0.3) is 0 Å². The predicted molar refractivity (Wildman–Crippen MR) is 101 cm³/mol. The van der Waals surface area contributed by atoms with Gasteiger partial charge in [-0.1, -0.05) is 17.7 Å². The van der Waals surface area contributed by atoms with Gasteiger partial charge < -0.3 is 15.5 Å². The lowest BCUT2D eigenvalue weighted by Gasteiger charge is -2.28. The number of nitrogens with one attached hydrogen (secondary N) is 2. The molecular formula is C19H30N4O2. The first-order chi connectivity index (χ1) is 11.9. The van der Waals surface area contributed by atoms with E-state index in [1.807, 2.05) is 30.7 Å². The van der Waals surface area contributed by atoms with Crippen LogP contribution in [-0.4, -0.2) is 67.9 Å². The Hall–Kier alpha value is -1.92. The highest BCUT2D eigenvalue weighted by Gasteiger charge is 2.17. The summed E-state index contributed by atoms with van der Waals surface area (Å²) in [4.78, 5) is 28.3. The Balaban J connectivity index is 1.79. The van der Waals surface area contributed by atoms with Crippen LogP contribution < -0.4 is 10.6 Å². The number of carbonyl (C=O) groups is 2. The molecule has 0 spiro atoms. The molecule has 0 saturated carbocycles. The first-order valence-electron chi connectivity index (χ1n) is 8.91. The first-order valence-corrected chi connectivity index (χ1v) is 8.91. The number of anilines is 1. The molecule has 1 heterocycles. The minimum Gasteiger partial charge on any atom is -0.340 e. The maximum Gasteiger partial charge on any atom is 0.238 e. The minimum absolute atomic E-state index is 0.0489. The maximum atomic E-state index is 12.3. The molecule has 0 bridgehead atoms. The lowest BCUT2D eigenvalue weighted by Crippen LogP contribution is -2.47. The van der Waals surface area contributed by atoms with Crippen molar-refractivity contribution in [3.05, 3.63) is 28.8 Å². The third kappa shape index (κ3) is 5.83. The van der Waals surface area contributed by atoms with E-state index in [1.54, 1.807) is 0 Å². The monoisotopic (exact) mass is 346 g/mol. The second kappa shape index (κ2) is 8.97. The van der Waals surface area contributed by atoms with Crippen molar-refractivity contribution in [2.75, 3.05) is 51.6 Å². The number of hydrogen-bond donors (Lipinski definition) is 2. The van der Waals surface area contributed by atoms with Crippen molar-refractivity contribution in [2.45, 2.75) is 27.2 Å². The van der Waals surface area contributed by atoms with Gasteiger partial charge in [0.1, 0.15) is 0 Å². The summed E-state index contributed by atoms with van der Waals surface area (Å²) in [5, 5.41) is 6.24. The summed E-state index contributed by atoms with van der Waals surface area (Å²) >= 11 is 0. The number of piperazine rings is 1. The zero-order valence-corrected chi connectivity index (χ0v) is 15.8. The van der Waals surface area contributed by atoms with E-state index in [1.165, 1.54) is 5.56 Å². The molecule has 6 heteroatoms. The van der Waals surface area contributed by atoms with Crippen LogP contribution in [0, 0.1) is 20.8 Å². The van der Waals surface area contributed by atoms with Crippen molar-refractivity contribution >= 4 is 17.5 Å². The highest BCUT2D eigenvalue weighted by molar-refractivity contribution is 5.93. The average Bonchev–Trinajstić information content (AvgIpc) is 2.56. The Kier molecular flexibility index (Phi) is 6.96. The Morgan fingerprint density at radius 1 is 1.16 bits per heavy atom. The molecule has 2 N–H and O–H groups in total. The normalized spacial score (nSPS) is 14.7. The van der Waals surface area contributed by atoms with Crippen LogP contribution in [0.2, 0.25) is 0 Å². The van der Waals surface area contributed by atoms with E-state index >= 15 is 0 Å². The summed E-state index contributed by atoms with van der Waals surface area (Å²) in [6.45, 7) is 10.2. The summed E-state index contributed by atoms with van der Waals surface area (Å²) < 4.78 is 0. The third-order valence-electron chi connectivity index (χ3n) is 4.53. The van der Waals surface area contributed by atoms with Gasteiger partial charge in [0, 0.05) is 44.8 Å². The predicted octanol–water partition coefficient (Wildman–Crippen LogP) is 1.30. The smallest absolute Gasteiger partial charge is 0.238 e. The Labute approximate surface area is 150 Å². The van der Waals surface area contributed by atoms with Gasteiger partial charge in [-0.15, -0.1) is 0 Å². The SMILES string of the molecule is Cc1cc(C)c(NC(=O)CN(C)CCC(=O)N2CCNCC2)c(C)c1. The third-order valence-corrected chi connectivity index (χ3v) is 4.53. The van der Waals surface area contributed by atoms with Crippen molar-refractivity contribution in [3.8, 4) is 0 Å². The van der Waals surface area contributed by atoms with Crippen LogP contribution in [0.1, 0.15) is 23.1 Å². The lowest BCUT2D eigenvalue weighted by molar-refractivity contribution is -0.132. The molecule has 25 heavy (non-hydrogen) atoms. The van der Waals surface area contributed by atoms with Gasteiger partial charge in [-0.25, -0.2) is 0 Å². The summed E-state index contributed by atoms with van der Waals surface area (Å²) in [7, 11) is 1.87. The van der Waals surface area contributed by atoms with E-state index in [2.05, 4.69) is 29.7 Å². The average molecular weight is 346 g/mol. The molecule has 138 valence electrons. The van der Waals surface area contributed by atoms with Crippen LogP contribution in [0.25, 0.3) is 0 Å². The number of nitrogens with zero attached hydrogens (tertiary/aromatic N) is 2. The fraction of sp³-hybridized carbons (Fsp3) is 0.579. The number of rotatable bonds is 6. The molecule has 0 radical (unpaired) electrons. The largest absolute Gasteiger partial charge is 0.340 e. The van der Waals surface area contributed by atoms with Crippen LogP contribution >= 0.6 is 0 Å². The van der Waals surface area contributed by atoms with Crippen molar-refractivity contribution < 1.29 is 9.59 Å². The van der Waals surface area contributed by atoms with E-state index in [9.17, 15) is 9.59 Å². The van der Waals surface area contributed by atoms with Crippen molar-refractivity contribution in [1.29, 1.82) is 0 Å². The van der Waals surface area contributed by atoms with Crippen molar-refractivity contribution in [1.82, 2.24) is 15.1 Å². The van der Waals surface area contributed by atoms with E-state index in [0.717, 1.165) is 43.0 Å². The molecule has 1 saturated heterocycles. The molecule has 2 rings (SSSR count). The topological polar surface area (TPSA) is 64.7 Å². The van der Waals surface area contributed by atoms with Crippen LogP contribution in [-0.2, 0) is 9.59 Å². The molecule has 1 aliphatic heterocycles. The molecule has 1 aromatic carbocycles. The van der Waals surface area contributed by atoms with E-state index < -0.39 is 0 Å². The van der Waals surface area contributed by atoms with Crippen LogP contribution in [0.4, 0.5) is 5.69 Å². The quantitative estimate of drug-likeness (QED) is 0.815. The molecule has 1 fully saturated rings. The highest BCUT2D eigenvalue weighted by Crippen LogP contribution is 2.21. The van der Waals surface area contributed by atoms with Gasteiger partial charge in [-0.2, -0.15) is 0 Å². The molecule has 1 aromatic rings. The zero-order valence-electron chi connectivity index (χ0n) is 15.8. The van der Waals surface area contributed by atoms with Crippen LogP contribution in [0.3, 0.4) is 0 Å². The molecule has 1 aliphatic rings. The number of likely N-dealkylation sites (N-methyl/N-ethyl adjacent to an activating group) is 1. The fourth-order valence-corrected chi connectivity index (χ4v) is 3.24. The van der Waals surface area contributed by atoms with Gasteiger partial charge in [0.15, 0.2) is 0 Å². The second-order valence-electron chi connectivity index (χ2n) is 6.94. The van der Waals surface area contributed by atoms with E-state index in [4.69, 9.17) is 0 Å². The molecular weight excluding hydrogens is 316 g/mol. The molecule has 6 nitrogen and oxygen atoms in total. The summed E-state index contributed by atoms with van der Waals surface area (Å²) in [6.07, 6.45) is 0.451. The molecule has 0 aromatic heterocycles. The number of carbonyl (C=O) groups excluding carboxylic acids is 2. The van der Waals surface area contributed by atoms with Crippen molar-refractivity contribution in [2.24, 2.45) is 0 Å². The Morgan fingerprint density at radius 3 is 2.36 bits per heavy atom. The summed E-state index contributed by atoms with van der Waals surface area (Å²) in [6, 6.07) is 4.14. The first kappa shape index (κ1) is 19.4. The highest BCUT2D eigenvalue weighted by atomic mass is 16.2. The number of benzene rings is 1. The van der Waals surface area contributed by atoms with Gasteiger partial charge in [0.05, 0.1) is 6.54 Å². The van der Waals surface area contributed by atoms with Gasteiger partial charge in [-0.05, 0) is 38.9 Å². The van der Waals surface area contributed by atoms with Crippen LogP contribution in [0.15, 0.2) is 12.1 Å². The van der Waals surface area contributed by atoms with E-state index in [0.29, 0.717) is 13.0 Å². The fourth-order valence-electron chi connectivity index (χ4n) is 3.24. The zero-order chi connectivity index (χ0) is 18.4. The Morgan fingerprint density at radius 2 is 1.76 bits per heavy atom. The second-order valence-corrected chi connectivity index (χ2v) is 6.94. The minimum atomic E-state index is -0.0489. The molecule has 0 atom stereocenters. The number of aryl methyl sites for hydroxylation is 3. The lowest BCUT2D eigenvalue weighted by atomic mass is 10.1. The summed E-state index contributed by atoms with van der Waals surface area (Å²) in [5.41, 5.74) is 4.22.